The summed E-state index contributed by atoms with van der Waals surface area (Å²) in [4.78, 5) is 15.0. The van der Waals surface area contributed by atoms with Gasteiger partial charge in [-0.2, -0.15) is 0 Å². The third kappa shape index (κ3) is 2.34. The molecule has 0 aliphatic heterocycles. The van der Waals surface area contributed by atoms with E-state index in [-0.39, 0.29) is 6.42 Å². The smallest absolute Gasteiger partial charge is 0.309 e. The predicted octanol–water partition coefficient (Wildman–Crippen LogP) is 1.82. The van der Waals surface area contributed by atoms with Gasteiger partial charge >= 0.3 is 5.97 Å². The first-order valence-corrected chi connectivity index (χ1v) is 5.51. The monoisotopic (exact) mass is 246 g/mol. The van der Waals surface area contributed by atoms with Crippen molar-refractivity contribution in [3.63, 3.8) is 0 Å². The Labute approximate surface area is 105 Å². The van der Waals surface area contributed by atoms with Gasteiger partial charge in [0, 0.05) is 6.07 Å². The molecule has 0 spiro atoms. The second-order valence-electron chi connectivity index (χ2n) is 3.92. The largest absolute Gasteiger partial charge is 0.497 e. The van der Waals surface area contributed by atoms with Gasteiger partial charge in [-0.1, -0.05) is 6.07 Å². The molecule has 0 saturated carbocycles. The Bertz CT molecular complexity index is 575. The number of imidazole rings is 1. The van der Waals surface area contributed by atoms with Gasteiger partial charge in [-0.15, -0.1) is 0 Å². The van der Waals surface area contributed by atoms with Crippen LogP contribution in [0.4, 0.5) is 0 Å². The molecule has 0 aliphatic carbocycles. The highest BCUT2D eigenvalue weighted by Crippen LogP contribution is 2.19. The number of nitrogens with zero attached hydrogens (tertiary/aromatic N) is 2. The summed E-state index contributed by atoms with van der Waals surface area (Å²) in [6.07, 6.45) is 1.57. The van der Waals surface area contributed by atoms with Crippen molar-refractivity contribution in [3.05, 3.63) is 42.0 Å². The maximum Gasteiger partial charge on any atom is 0.309 e. The number of ether oxygens (including phenoxy) is 1. The Morgan fingerprint density at radius 2 is 2.28 bits per heavy atom. The molecular weight excluding hydrogens is 232 g/mol. The molecule has 1 aromatic heterocycles. The van der Waals surface area contributed by atoms with E-state index in [9.17, 15) is 4.79 Å². The summed E-state index contributed by atoms with van der Waals surface area (Å²) in [5, 5.41) is 8.92. The van der Waals surface area contributed by atoms with Crippen molar-refractivity contribution in [1.82, 2.24) is 9.55 Å². The van der Waals surface area contributed by atoms with Crippen LogP contribution in [0.5, 0.6) is 5.75 Å². The minimum atomic E-state index is -0.872. The topological polar surface area (TPSA) is 64.4 Å². The lowest BCUT2D eigenvalue weighted by molar-refractivity contribution is -0.136. The fourth-order valence-corrected chi connectivity index (χ4v) is 1.80. The number of carbonyl (C=O) groups is 1. The number of aliphatic carboxylic acids is 1. The van der Waals surface area contributed by atoms with Crippen LogP contribution in [-0.4, -0.2) is 27.7 Å². The molecule has 0 fully saturated rings. The first-order chi connectivity index (χ1) is 8.61. The molecule has 1 N–H and O–H groups in total. The number of aryl methyl sites for hydroxylation is 1. The summed E-state index contributed by atoms with van der Waals surface area (Å²) in [5.41, 5.74) is 2.24. The molecule has 5 nitrogen and oxygen atoms in total. The number of carboxylic acid groups (broad SMARTS) is 1. The molecule has 0 radical (unpaired) electrons. The zero-order valence-corrected chi connectivity index (χ0v) is 10.3. The molecule has 18 heavy (non-hydrogen) atoms. The zero-order valence-electron chi connectivity index (χ0n) is 10.3. The van der Waals surface area contributed by atoms with Gasteiger partial charge < -0.3 is 14.4 Å². The van der Waals surface area contributed by atoms with Gasteiger partial charge in [0.25, 0.3) is 0 Å². The number of benzene rings is 1. The predicted molar refractivity (Wildman–Crippen MR) is 66.2 cm³/mol. The van der Waals surface area contributed by atoms with Crippen molar-refractivity contribution in [3.8, 4) is 11.4 Å². The van der Waals surface area contributed by atoms with Gasteiger partial charge in [0.15, 0.2) is 0 Å². The number of carboxylic acids is 1. The summed E-state index contributed by atoms with van der Waals surface area (Å²) in [6, 6.07) is 7.42. The first-order valence-electron chi connectivity index (χ1n) is 5.51. The van der Waals surface area contributed by atoms with Crippen LogP contribution in [0.25, 0.3) is 5.69 Å². The fraction of sp³-hybridized carbons (Fsp3) is 0.231. The summed E-state index contributed by atoms with van der Waals surface area (Å²) >= 11 is 0. The summed E-state index contributed by atoms with van der Waals surface area (Å²) < 4.78 is 6.92. The summed E-state index contributed by atoms with van der Waals surface area (Å²) in [7, 11) is 1.59. The number of hydrogen-bond acceptors (Lipinski definition) is 3. The SMILES string of the molecule is COc1cccc(-n2cnc(C)c2CC(=O)O)c1. The molecule has 94 valence electrons. The fourth-order valence-electron chi connectivity index (χ4n) is 1.80. The van der Waals surface area contributed by atoms with E-state index in [1.807, 2.05) is 24.3 Å². The van der Waals surface area contributed by atoms with Crippen LogP contribution in [0.1, 0.15) is 11.4 Å². The van der Waals surface area contributed by atoms with E-state index in [1.165, 1.54) is 0 Å². The Morgan fingerprint density at radius 3 is 2.94 bits per heavy atom. The maximum absolute atomic E-state index is 10.9. The Morgan fingerprint density at radius 1 is 1.50 bits per heavy atom. The normalized spacial score (nSPS) is 10.3. The highest BCUT2D eigenvalue weighted by Gasteiger charge is 2.12. The van der Waals surface area contributed by atoms with E-state index in [1.54, 1.807) is 24.9 Å². The molecule has 0 bridgehead atoms. The zero-order chi connectivity index (χ0) is 13.1. The van der Waals surface area contributed by atoms with Crippen molar-refractivity contribution in [2.75, 3.05) is 7.11 Å². The molecule has 1 aromatic carbocycles. The Balaban J connectivity index is 2.46. The number of methoxy groups -OCH3 is 1. The molecule has 0 amide bonds. The van der Waals surface area contributed by atoms with Gasteiger partial charge in [0.1, 0.15) is 5.75 Å². The summed E-state index contributed by atoms with van der Waals surface area (Å²) in [6.45, 7) is 1.80. The maximum atomic E-state index is 10.9. The number of aromatic nitrogens is 2. The standard InChI is InChI=1S/C13H14N2O3/c1-9-12(7-13(16)17)15(8-14-9)10-4-3-5-11(6-10)18-2/h3-6,8H,7H2,1-2H3,(H,16,17). The molecular formula is C13H14N2O3. The lowest BCUT2D eigenvalue weighted by Crippen LogP contribution is -2.07. The van der Waals surface area contributed by atoms with Crippen molar-refractivity contribution in [2.45, 2.75) is 13.3 Å². The molecule has 2 rings (SSSR count). The van der Waals surface area contributed by atoms with Gasteiger partial charge in [-0.25, -0.2) is 4.98 Å². The van der Waals surface area contributed by atoms with Gasteiger partial charge in [-0.3, -0.25) is 4.79 Å². The quantitative estimate of drug-likeness (QED) is 0.893. The minimum absolute atomic E-state index is 0.0525. The molecule has 0 atom stereocenters. The second kappa shape index (κ2) is 4.91. The Hall–Kier alpha value is -2.30. The van der Waals surface area contributed by atoms with Crippen molar-refractivity contribution < 1.29 is 14.6 Å². The Kier molecular flexibility index (Phi) is 3.32. The van der Waals surface area contributed by atoms with Gasteiger partial charge in [0.2, 0.25) is 0 Å². The molecule has 0 aliphatic rings. The van der Waals surface area contributed by atoms with Crippen molar-refractivity contribution in [1.29, 1.82) is 0 Å². The molecule has 0 saturated heterocycles. The highest BCUT2D eigenvalue weighted by atomic mass is 16.5. The lowest BCUT2D eigenvalue weighted by atomic mass is 10.2. The molecule has 2 aromatic rings. The van der Waals surface area contributed by atoms with Crippen LogP contribution in [0.15, 0.2) is 30.6 Å². The minimum Gasteiger partial charge on any atom is -0.497 e. The van der Waals surface area contributed by atoms with E-state index in [4.69, 9.17) is 9.84 Å². The van der Waals surface area contributed by atoms with E-state index in [2.05, 4.69) is 4.98 Å². The van der Waals surface area contributed by atoms with Gasteiger partial charge in [-0.05, 0) is 19.1 Å². The third-order valence-corrected chi connectivity index (χ3v) is 2.73. The van der Waals surface area contributed by atoms with Crippen LogP contribution >= 0.6 is 0 Å². The second-order valence-corrected chi connectivity index (χ2v) is 3.92. The van der Waals surface area contributed by atoms with E-state index in [0.717, 1.165) is 17.1 Å². The molecule has 1 heterocycles. The van der Waals surface area contributed by atoms with Crippen molar-refractivity contribution >= 4 is 5.97 Å². The third-order valence-electron chi connectivity index (χ3n) is 2.73. The van der Waals surface area contributed by atoms with Gasteiger partial charge in [0.05, 0.1) is 36.9 Å². The number of rotatable bonds is 4. The highest BCUT2D eigenvalue weighted by molar-refractivity contribution is 5.70. The van der Waals surface area contributed by atoms with Crippen molar-refractivity contribution in [2.24, 2.45) is 0 Å². The van der Waals surface area contributed by atoms with E-state index in [0.29, 0.717) is 5.69 Å². The molecule has 0 unspecified atom stereocenters. The van der Waals surface area contributed by atoms with Crippen LogP contribution in [0.2, 0.25) is 0 Å². The van der Waals surface area contributed by atoms with E-state index < -0.39 is 5.97 Å². The summed E-state index contributed by atoms with van der Waals surface area (Å²) in [5.74, 6) is -0.150. The average molecular weight is 246 g/mol. The van der Waals surface area contributed by atoms with Crippen LogP contribution < -0.4 is 4.74 Å². The van der Waals surface area contributed by atoms with Crippen LogP contribution in [-0.2, 0) is 11.2 Å². The van der Waals surface area contributed by atoms with Crippen LogP contribution in [0, 0.1) is 6.92 Å². The molecule has 5 heteroatoms. The number of hydrogen-bond donors (Lipinski definition) is 1. The van der Waals surface area contributed by atoms with E-state index >= 15 is 0 Å². The average Bonchev–Trinajstić information content (AvgIpc) is 2.71. The van der Waals surface area contributed by atoms with Crippen LogP contribution in [0.3, 0.4) is 0 Å². The lowest BCUT2D eigenvalue weighted by Gasteiger charge is -2.09. The first kappa shape index (κ1) is 12.2.